The van der Waals surface area contributed by atoms with Crippen LogP contribution in [0.1, 0.15) is 23.2 Å². The predicted molar refractivity (Wildman–Crippen MR) is 86.3 cm³/mol. The molecule has 116 valence electrons. The fraction of sp³-hybridized carbons (Fsp3) is 0.412. The van der Waals surface area contributed by atoms with Crippen molar-refractivity contribution >= 4 is 11.8 Å². The van der Waals surface area contributed by atoms with Crippen LogP contribution >= 0.6 is 0 Å². The van der Waals surface area contributed by atoms with Crippen LogP contribution in [0.3, 0.4) is 0 Å². The molecule has 1 fully saturated rings. The molecule has 22 heavy (non-hydrogen) atoms. The summed E-state index contributed by atoms with van der Waals surface area (Å²) in [6.07, 6.45) is 2.08. The summed E-state index contributed by atoms with van der Waals surface area (Å²) in [4.78, 5) is 10.7. The SMILES string of the molecule is Cc1cc(N2CCC(Cc3ccc(F)c(C)c3)C2)nc(N)n1. The molecule has 0 amide bonds. The monoisotopic (exact) mass is 300 g/mol. The molecule has 1 saturated heterocycles. The first-order valence-corrected chi connectivity index (χ1v) is 7.62. The molecule has 4 nitrogen and oxygen atoms in total. The van der Waals surface area contributed by atoms with Crippen LogP contribution in [0, 0.1) is 25.6 Å². The van der Waals surface area contributed by atoms with E-state index in [4.69, 9.17) is 5.73 Å². The Morgan fingerprint density at radius 3 is 2.82 bits per heavy atom. The van der Waals surface area contributed by atoms with E-state index in [9.17, 15) is 4.39 Å². The lowest BCUT2D eigenvalue weighted by Crippen LogP contribution is -2.22. The maximum Gasteiger partial charge on any atom is 0.222 e. The maximum atomic E-state index is 13.3. The van der Waals surface area contributed by atoms with Gasteiger partial charge in [-0.25, -0.2) is 9.37 Å². The molecule has 0 radical (unpaired) electrons. The van der Waals surface area contributed by atoms with E-state index in [1.165, 1.54) is 5.56 Å². The van der Waals surface area contributed by atoms with Gasteiger partial charge in [0, 0.05) is 24.8 Å². The lowest BCUT2D eigenvalue weighted by atomic mass is 9.97. The third-order valence-corrected chi connectivity index (χ3v) is 4.21. The third kappa shape index (κ3) is 3.18. The van der Waals surface area contributed by atoms with Gasteiger partial charge in [0.2, 0.25) is 5.95 Å². The molecular formula is C17H21FN4. The standard InChI is InChI=1S/C17H21FN4/c1-11-7-13(3-4-15(11)18)9-14-5-6-22(10-14)16-8-12(2)20-17(19)21-16/h3-4,7-8,14H,5-6,9-10H2,1-2H3,(H2,19,20,21). The highest BCUT2D eigenvalue weighted by molar-refractivity contribution is 5.44. The molecule has 3 rings (SSSR count). The second-order valence-corrected chi connectivity index (χ2v) is 6.11. The third-order valence-electron chi connectivity index (χ3n) is 4.21. The van der Waals surface area contributed by atoms with E-state index in [2.05, 4.69) is 14.9 Å². The van der Waals surface area contributed by atoms with E-state index in [-0.39, 0.29) is 5.82 Å². The number of aromatic nitrogens is 2. The van der Waals surface area contributed by atoms with Crippen molar-refractivity contribution in [2.24, 2.45) is 5.92 Å². The Morgan fingerprint density at radius 1 is 1.27 bits per heavy atom. The van der Waals surface area contributed by atoms with Crippen molar-refractivity contribution in [1.82, 2.24) is 9.97 Å². The van der Waals surface area contributed by atoms with Gasteiger partial charge in [0.15, 0.2) is 0 Å². The van der Waals surface area contributed by atoms with Crippen molar-refractivity contribution in [2.75, 3.05) is 23.7 Å². The van der Waals surface area contributed by atoms with E-state index in [0.717, 1.165) is 37.4 Å². The van der Waals surface area contributed by atoms with Gasteiger partial charge in [0.25, 0.3) is 0 Å². The van der Waals surface area contributed by atoms with Gasteiger partial charge in [-0.3, -0.25) is 0 Å². The van der Waals surface area contributed by atoms with Crippen LogP contribution < -0.4 is 10.6 Å². The molecule has 1 aliphatic heterocycles. The van der Waals surface area contributed by atoms with Gasteiger partial charge >= 0.3 is 0 Å². The topological polar surface area (TPSA) is 55.0 Å². The molecule has 2 aromatic rings. The lowest BCUT2D eigenvalue weighted by Gasteiger charge is -2.18. The average molecular weight is 300 g/mol. The summed E-state index contributed by atoms with van der Waals surface area (Å²) >= 11 is 0. The summed E-state index contributed by atoms with van der Waals surface area (Å²) in [5.74, 6) is 1.65. The highest BCUT2D eigenvalue weighted by Gasteiger charge is 2.24. The van der Waals surface area contributed by atoms with Crippen LogP contribution in [0.15, 0.2) is 24.3 Å². The summed E-state index contributed by atoms with van der Waals surface area (Å²) in [7, 11) is 0. The minimum atomic E-state index is -0.135. The van der Waals surface area contributed by atoms with Crippen molar-refractivity contribution < 1.29 is 4.39 Å². The smallest absolute Gasteiger partial charge is 0.222 e. The molecular weight excluding hydrogens is 279 g/mol. The second-order valence-electron chi connectivity index (χ2n) is 6.11. The number of hydrogen-bond acceptors (Lipinski definition) is 4. The summed E-state index contributed by atoms with van der Waals surface area (Å²) in [6, 6.07) is 7.37. The fourth-order valence-corrected chi connectivity index (χ4v) is 3.11. The van der Waals surface area contributed by atoms with Crippen molar-refractivity contribution in [3.05, 3.63) is 46.9 Å². The molecule has 5 heteroatoms. The highest BCUT2D eigenvalue weighted by Crippen LogP contribution is 2.26. The summed E-state index contributed by atoms with van der Waals surface area (Å²) in [5.41, 5.74) is 8.53. The molecule has 1 aliphatic rings. The van der Waals surface area contributed by atoms with E-state index in [0.29, 0.717) is 17.4 Å². The highest BCUT2D eigenvalue weighted by atomic mass is 19.1. The van der Waals surface area contributed by atoms with Gasteiger partial charge in [-0.15, -0.1) is 0 Å². The van der Waals surface area contributed by atoms with Crippen LogP contribution in [-0.4, -0.2) is 23.1 Å². The first kappa shape index (κ1) is 14.8. The maximum absolute atomic E-state index is 13.3. The van der Waals surface area contributed by atoms with Crippen molar-refractivity contribution in [1.29, 1.82) is 0 Å². The van der Waals surface area contributed by atoms with Gasteiger partial charge in [0.05, 0.1) is 0 Å². The van der Waals surface area contributed by atoms with Gasteiger partial charge in [-0.2, -0.15) is 4.98 Å². The predicted octanol–water partition coefficient (Wildman–Crippen LogP) is 2.88. The van der Waals surface area contributed by atoms with Crippen molar-refractivity contribution in [3.63, 3.8) is 0 Å². The number of anilines is 2. The Hall–Kier alpha value is -2.17. The zero-order chi connectivity index (χ0) is 15.7. The number of benzene rings is 1. The lowest BCUT2D eigenvalue weighted by molar-refractivity contribution is 0.581. The number of nitrogens with two attached hydrogens (primary N) is 1. The molecule has 2 N–H and O–H groups in total. The van der Waals surface area contributed by atoms with E-state index >= 15 is 0 Å². The fourth-order valence-electron chi connectivity index (χ4n) is 3.11. The molecule has 1 aromatic carbocycles. The minimum Gasteiger partial charge on any atom is -0.368 e. The quantitative estimate of drug-likeness (QED) is 0.947. The number of halogens is 1. The zero-order valence-corrected chi connectivity index (χ0v) is 13.0. The Balaban J connectivity index is 1.68. The van der Waals surface area contributed by atoms with E-state index < -0.39 is 0 Å². The van der Waals surface area contributed by atoms with Crippen molar-refractivity contribution in [2.45, 2.75) is 26.7 Å². The summed E-state index contributed by atoms with van der Waals surface area (Å²) in [6.45, 7) is 5.66. The Bertz CT molecular complexity index is 666. The molecule has 0 spiro atoms. The number of nitrogen functional groups attached to an aromatic ring is 1. The van der Waals surface area contributed by atoms with Gasteiger partial charge in [0.1, 0.15) is 11.6 Å². The summed E-state index contributed by atoms with van der Waals surface area (Å²) in [5, 5.41) is 0. The largest absolute Gasteiger partial charge is 0.368 e. The molecule has 2 heterocycles. The molecule has 0 aliphatic carbocycles. The van der Waals surface area contributed by atoms with Gasteiger partial charge in [-0.1, -0.05) is 12.1 Å². The molecule has 1 aromatic heterocycles. The van der Waals surface area contributed by atoms with Gasteiger partial charge < -0.3 is 10.6 Å². The average Bonchev–Trinajstić information content (AvgIpc) is 2.90. The first-order chi connectivity index (χ1) is 10.5. The molecule has 1 unspecified atom stereocenters. The van der Waals surface area contributed by atoms with E-state index in [1.54, 1.807) is 6.07 Å². The van der Waals surface area contributed by atoms with Crippen LogP contribution in [-0.2, 0) is 6.42 Å². The first-order valence-electron chi connectivity index (χ1n) is 7.62. The number of aryl methyl sites for hydroxylation is 2. The number of nitrogens with zero attached hydrogens (tertiary/aromatic N) is 3. The van der Waals surface area contributed by atoms with Crippen LogP contribution in [0.5, 0.6) is 0 Å². The van der Waals surface area contributed by atoms with Crippen molar-refractivity contribution in [3.8, 4) is 0 Å². The number of rotatable bonds is 3. The van der Waals surface area contributed by atoms with Crippen LogP contribution in [0.2, 0.25) is 0 Å². The normalized spacial score (nSPS) is 18.0. The summed E-state index contributed by atoms with van der Waals surface area (Å²) < 4.78 is 13.3. The second kappa shape index (κ2) is 5.91. The van der Waals surface area contributed by atoms with Gasteiger partial charge in [-0.05, 0) is 49.8 Å². The number of hydrogen-bond donors (Lipinski definition) is 1. The Morgan fingerprint density at radius 2 is 2.09 bits per heavy atom. The minimum absolute atomic E-state index is 0.135. The Labute approximate surface area is 130 Å². The van der Waals surface area contributed by atoms with Crippen LogP contribution in [0.4, 0.5) is 16.2 Å². The van der Waals surface area contributed by atoms with E-state index in [1.807, 2.05) is 32.0 Å². The molecule has 1 atom stereocenters. The Kier molecular flexibility index (Phi) is 3.96. The molecule has 0 bridgehead atoms. The zero-order valence-electron chi connectivity index (χ0n) is 13.0. The van der Waals surface area contributed by atoms with Crippen LogP contribution in [0.25, 0.3) is 0 Å². The molecule has 0 saturated carbocycles.